The second-order valence-corrected chi connectivity index (χ2v) is 4.96. The van der Waals surface area contributed by atoms with E-state index in [1.165, 1.54) is 0 Å². The number of hydrogen-bond acceptors (Lipinski definition) is 3. The van der Waals surface area contributed by atoms with Crippen molar-refractivity contribution in [1.29, 1.82) is 5.26 Å². The van der Waals surface area contributed by atoms with Crippen LogP contribution in [0.1, 0.15) is 11.4 Å². The molecule has 3 aromatic heterocycles. The molecule has 0 amide bonds. The minimum atomic E-state index is 0.417. The molecule has 0 atom stereocenters. The molecular weight excluding hydrogens is 304 g/mol. The molecule has 92 valence electrons. The summed E-state index contributed by atoms with van der Waals surface area (Å²) in [5.74, 6) is 0. The third-order valence-corrected chi connectivity index (χ3v) is 3.48. The maximum Gasteiger partial charge on any atom is 0.142 e. The van der Waals surface area contributed by atoms with Crippen LogP contribution in [0.4, 0.5) is 0 Å². The summed E-state index contributed by atoms with van der Waals surface area (Å²) < 4.78 is 2.96. The lowest BCUT2D eigenvalue weighted by Crippen LogP contribution is -2.01. The third kappa shape index (κ3) is 2.23. The molecule has 19 heavy (non-hydrogen) atoms. The Kier molecular flexibility index (Phi) is 3.02. The first kappa shape index (κ1) is 11.9. The van der Waals surface area contributed by atoms with Crippen LogP contribution in [0.3, 0.4) is 0 Å². The Morgan fingerprint density at radius 2 is 2.16 bits per heavy atom. The van der Waals surface area contributed by atoms with Crippen LogP contribution in [0.2, 0.25) is 0 Å². The number of hydrogen-bond donors (Lipinski definition) is 0. The van der Waals surface area contributed by atoms with Crippen molar-refractivity contribution in [1.82, 2.24) is 14.5 Å². The van der Waals surface area contributed by atoms with E-state index < -0.39 is 0 Å². The van der Waals surface area contributed by atoms with Gasteiger partial charge in [-0.2, -0.15) is 5.26 Å². The zero-order valence-corrected chi connectivity index (χ0v) is 11.5. The Morgan fingerprint density at radius 3 is 2.89 bits per heavy atom. The molecule has 3 aromatic rings. The molecule has 0 N–H and O–H groups in total. The predicted molar refractivity (Wildman–Crippen MR) is 75.5 cm³/mol. The molecule has 0 radical (unpaired) electrons. The average Bonchev–Trinajstić information content (AvgIpc) is 2.76. The van der Waals surface area contributed by atoms with Gasteiger partial charge < -0.3 is 4.57 Å². The SMILES string of the molecule is N#Cc1ccc2c(Br)cn(Cc3ccccn3)c2n1. The Balaban J connectivity index is 2.11. The molecule has 5 heteroatoms. The van der Waals surface area contributed by atoms with Crippen LogP contribution in [0.15, 0.2) is 47.2 Å². The Hall–Kier alpha value is -2.19. The quantitative estimate of drug-likeness (QED) is 0.730. The number of nitriles is 1. The summed E-state index contributed by atoms with van der Waals surface area (Å²) in [6.45, 7) is 0.630. The van der Waals surface area contributed by atoms with Gasteiger partial charge in [0, 0.05) is 22.3 Å². The van der Waals surface area contributed by atoms with Crippen molar-refractivity contribution in [2.75, 3.05) is 0 Å². The predicted octanol–water partition coefficient (Wildman–Crippen LogP) is 3.11. The standard InChI is InChI=1S/C14H9BrN4/c15-13-9-19(8-11-3-1-2-6-17-11)14-12(13)5-4-10(7-16)18-14/h1-6,9H,8H2. The van der Waals surface area contributed by atoms with Crippen LogP contribution in [0.5, 0.6) is 0 Å². The van der Waals surface area contributed by atoms with Crippen molar-refractivity contribution in [3.05, 3.63) is 58.6 Å². The Morgan fingerprint density at radius 1 is 1.26 bits per heavy atom. The van der Waals surface area contributed by atoms with E-state index in [0.717, 1.165) is 21.2 Å². The first-order valence-corrected chi connectivity index (χ1v) is 6.52. The summed E-state index contributed by atoms with van der Waals surface area (Å²) in [6, 6.07) is 11.5. The van der Waals surface area contributed by atoms with Crippen LogP contribution >= 0.6 is 15.9 Å². The van der Waals surface area contributed by atoms with E-state index in [0.29, 0.717) is 12.2 Å². The second kappa shape index (κ2) is 4.82. The van der Waals surface area contributed by atoms with E-state index >= 15 is 0 Å². The molecule has 0 aromatic carbocycles. The molecule has 4 nitrogen and oxygen atoms in total. The smallest absolute Gasteiger partial charge is 0.142 e. The lowest BCUT2D eigenvalue weighted by atomic mass is 10.3. The minimum absolute atomic E-state index is 0.417. The van der Waals surface area contributed by atoms with E-state index in [9.17, 15) is 0 Å². The zero-order chi connectivity index (χ0) is 13.2. The van der Waals surface area contributed by atoms with E-state index in [4.69, 9.17) is 5.26 Å². The molecule has 0 aliphatic rings. The molecule has 0 fully saturated rings. The van der Waals surface area contributed by atoms with E-state index in [1.807, 2.05) is 35.0 Å². The number of aromatic nitrogens is 3. The first-order valence-electron chi connectivity index (χ1n) is 5.73. The van der Waals surface area contributed by atoms with Crippen molar-refractivity contribution >= 4 is 27.0 Å². The lowest BCUT2D eigenvalue weighted by Gasteiger charge is -2.03. The molecule has 3 heterocycles. The molecule has 0 bridgehead atoms. The summed E-state index contributed by atoms with van der Waals surface area (Å²) in [6.07, 6.45) is 3.73. The molecule has 0 aliphatic heterocycles. The van der Waals surface area contributed by atoms with Gasteiger partial charge in [0.1, 0.15) is 17.4 Å². The number of halogens is 1. The number of fused-ring (bicyclic) bond motifs is 1. The normalized spacial score (nSPS) is 10.5. The third-order valence-electron chi connectivity index (χ3n) is 2.85. The number of pyridine rings is 2. The molecule has 0 spiro atoms. The van der Waals surface area contributed by atoms with Gasteiger partial charge in [-0.05, 0) is 40.2 Å². The van der Waals surface area contributed by atoms with Gasteiger partial charge in [0.15, 0.2) is 0 Å². The molecule has 0 saturated heterocycles. The first-order chi connectivity index (χ1) is 9.28. The molecule has 3 rings (SSSR count). The molecule has 0 unspecified atom stereocenters. The molecule has 0 aliphatic carbocycles. The van der Waals surface area contributed by atoms with Gasteiger partial charge in [-0.15, -0.1) is 0 Å². The summed E-state index contributed by atoms with van der Waals surface area (Å²) in [5, 5.41) is 9.93. The van der Waals surface area contributed by atoms with Crippen LogP contribution in [0, 0.1) is 11.3 Å². The highest BCUT2D eigenvalue weighted by Crippen LogP contribution is 2.25. The minimum Gasteiger partial charge on any atom is -0.325 e. The van der Waals surface area contributed by atoms with Crippen molar-refractivity contribution in [2.24, 2.45) is 0 Å². The van der Waals surface area contributed by atoms with E-state index in [2.05, 4.69) is 32.0 Å². The van der Waals surface area contributed by atoms with Gasteiger partial charge in [0.05, 0.1) is 12.2 Å². The summed E-state index contributed by atoms with van der Waals surface area (Å²) in [5.41, 5.74) is 2.16. The summed E-state index contributed by atoms with van der Waals surface area (Å²) >= 11 is 3.51. The average molecular weight is 313 g/mol. The largest absolute Gasteiger partial charge is 0.325 e. The fraction of sp³-hybridized carbons (Fsp3) is 0.0714. The number of rotatable bonds is 2. The van der Waals surface area contributed by atoms with Gasteiger partial charge in [-0.1, -0.05) is 6.07 Å². The lowest BCUT2D eigenvalue weighted by molar-refractivity contribution is 0.796. The highest BCUT2D eigenvalue weighted by molar-refractivity contribution is 9.10. The van der Waals surface area contributed by atoms with Crippen molar-refractivity contribution < 1.29 is 0 Å². The zero-order valence-electron chi connectivity index (χ0n) is 9.92. The van der Waals surface area contributed by atoms with Crippen LogP contribution in [0.25, 0.3) is 11.0 Å². The summed E-state index contributed by atoms with van der Waals surface area (Å²) in [7, 11) is 0. The Labute approximate surface area is 118 Å². The van der Waals surface area contributed by atoms with Gasteiger partial charge in [0.25, 0.3) is 0 Å². The number of nitrogens with zero attached hydrogens (tertiary/aromatic N) is 4. The maximum absolute atomic E-state index is 8.94. The maximum atomic E-state index is 8.94. The topological polar surface area (TPSA) is 54.5 Å². The van der Waals surface area contributed by atoms with E-state index in [-0.39, 0.29) is 0 Å². The van der Waals surface area contributed by atoms with Crippen LogP contribution in [-0.4, -0.2) is 14.5 Å². The van der Waals surface area contributed by atoms with E-state index in [1.54, 1.807) is 12.3 Å². The molecular formula is C14H9BrN4. The van der Waals surface area contributed by atoms with Gasteiger partial charge in [-0.25, -0.2) is 4.98 Å². The molecule has 0 saturated carbocycles. The van der Waals surface area contributed by atoms with Crippen LogP contribution in [-0.2, 0) is 6.54 Å². The van der Waals surface area contributed by atoms with Gasteiger partial charge in [-0.3, -0.25) is 4.98 Å². The highest BCUT2D eigenvalue weighted by atomic mass is 79.9. The Bertz CT molecular complexity index is 771. The fourth-order valence-electron chi connectivity index (χ4n) is 1.97. The fourth-order valence-corrected chi connectivity index (χ4v) is 2.53. The van der Waals surface area contributed by atoms with Gasteiger partial charge in [0.2, 0.25) is 0 Å². The van der Waals surface area contributed by atoms with Crippen molar-refractivity contribution in [3.63, 3.8) is 0 Å². The second-order valence-electron chi connectivity index (χ2n) is 4.11. The summed E-state index contributed by atoms with van der Waals surface area (Å²) in [4.78, 5) is 8.66. The monoisotopic (exact) mass is 312 g/mol. The van der Waals surface area contributed by atoms with Gasteiger partial charge >= 0.3 is 0 Å². The highest BCUT2D eigenvalue weighted by Gasteiger charge is 2.09. The van der Waals surface area contributed by atoms with Crippen LogP contribution < -0.4 is 0 Å². The van der Waals surface area contributed by atoms with Crippen molar-refractivity contribution in [2.45, 2.75) is 6.54 Å². The van der Waals surface area contributed by atoms with Crippen molar-refractivity contribution in [3.8, 4) is 6.07 Å².